The lowest BCUT2D eigenvalue weighted by atomic mass is 9.63. The predicted molar refractivity (Wildman–Crippen MR) is 176 cm³/mol. The van der Waals surface area contributed by atoms with Crippen molar-refractivity contribution in [1.82, 2.24) is 0 Å². The number of rotatable bonds is 10. The number of ether oxygens (including phenoxy) is 2. The van der Waals surface area contributed by atoms with E-state index in [4.69, 9.17) is 9.47 Å². The summed E-state index contributed by atoms with van der Waals surface area (Å²) in [5, 5.41) is 10.2. The third-order valence-electron chi connectivity index (χ3n) is 9.83. The van der Waals surface area contributed by atoms with E-state index in [1.54, 1.807) is 12.0 Å². The minimum absolute atomic E-state index is 0.0651. The smallest absolute Gasteiger partial charge is 0.264 e. The van der Waals surface area contributed by atoms with Gasteiger partial charge < -0.3 is 19.5 Å². The van der Waals surface area contributed by atoms with E-state index < -0.39 is 17.1 Å². The molecule has 2 amide bonds. The fourth-order valence-corrected chi connectivity index (χ4v) is 7.63. The number of benzene rings is 4. The van der Waals surface area contributed by atoms with Crippen LogP contribution in [0.4, 0.5) is 17.1 Å². The maximum Gasteiger partial charge on any atom is 0.264 e. The molecule has 4 aromatic rings. The molecule has 1 spiro atoms. The minimum atomic E-state index is -1.31. The molecule has 0 aromatic heterocycles. The van der Waals surface area contributed by atoms with Gasteiger partial charge in [0.2, 0.25) is 6.41 Å². The molecule has 0 radical (unpaired) electrons. The number of carbonyl (C=O) groups is 2. The molecule has 6 rings (SSSR count). The third-order valence-corrected chi connectivity index (χ3v) is 9.83. The van der Waals surface area contributed by atoms with Crippen LogP contribution in [-0.2, 0) is 31.9 Å². The normalized spacial score (nSPS) is 22.5. The SMILES string of the molecule is COc1ccc(C(C)(C)[C@@H]2[C@@H](CCO)O[C@]3(C(=O)N(Cc4ccccc4)c4ccc(N(C=O)c5ccccc5)cc43)[C@H]2C)cc1. The van der Waals surface area contributed by atoms with Gasteiger partial charge >= 0.3 is 0 Å². The Morgan fingerprint density at radius 3 is 2.24 bits per heavy atom. The van der Waals surface area contributed by atoms with Gasteiger partial charge in [-0.15, -0.1) is 0 Å². The highest BCUT2D eigenvalue weighted by atomic mass is 16.5. The number of aliphatic hydroxyl groups excluding tert-OH is 1. The molecule has 2 aliphatic rings. The fraction of sp³-hybridized carbons (Fsp3) is 0.316. The second kappa shape index (κ2) is 12.1. The molecule has 1 fully saturated rings. The molecule has 4 atom stereocenters. The van der Waals surface area contributed by atoms with Crippen LogP contribution >= 0.6 is 0 Å². The van der Waals surface area contributed by atoms with Crippen LogP contribution in [0.1, 0.15) is 43.9 Å². The maximum atomic E-state index is 14.9. The molecule has 0 bridgehead atoms. The monoisotopic (exact) mass is 604 g/mol. The van der Waals surface area contributed by atoms with Gasteiger partial charge in [0, 0.05) is 35.4 Å². The van der Waals surface area contributed by atoms with Crippen LogP contribution in [0.5, 0.6) is 5.75 Å². The first-order valence-corrected chi connectivity index (χ1v) is 15.5. The molecular formula is C38H40N2O5. The van der Waals surface area contributed by atoms with Gasteiger partial charge in [0.15, 0.2) is 5.60 Å². The molecule has 1 N–H and O–H groups in total. The topological polar surface area (TPSA) is 79.3 Å². The predicted octanol–water partition coefficient (Wildman–Crippen LogP) is 6.74. The molecule has 4 aromatic carbocycles. The number of amides is 2. The second-order valence-corrected chi connectivity index (χ2v) is 12.6. The second-order valence-electron chi connectivity index (χ2n) is 12.6. The lowest BCUT2D eigenvalue weighted by Crippen LogP contribution is -2.45. The Morgan fingerprint density at radius 2 is 1.62 bits per heavy atom. The zero-order valence-corrected chi connectivity index (χ0v) is 26.2. The van der Waals surface area contributed by atoms with E-state index in [9.17, 15) is 14.7 Å². The summed E-state index contributed by atoms with van der Waals surface area (Å²) >= 11 is 0. The van der Waals surface area contributed by atoms with Crippen LogP contribution in [0, 0.1) is 11.8 Å². The van der Waals surface area contributed by atoms with Gasteiger partial charge in [-0.05, 0) is 65.4 Å². The number of anilines is 3. The molecule has 1 saturated heterocycles. The Kier molecular flexibility index (Phi) is 8.25. The molecule has 45 heavy (non-hydrogen) atoms. The highest BCUT2D eigenvalue weighted by molar-refractivity contribution is 6.08. The first-order valence-electron chi connectivity index (χ1n) is 15.5. The van der Waals surface area contributed by atoms with Gasteiger partial charge in [-0.2, -0.15) is 0 Å². The van der Waals surface area contributed by atoms with Crippen molar-refractivity contribution in [2.45, 2.75) is 50.9 Å². The number of hydrogen-bond donors (Lipinski definition) is 1. The molecule has 0 aliphatic carbocycles. The maximum absolute atomic E-state index is 14.9. The quantitative estimate of drug-likeness (QED) is 0.203. The van der Waals surface area contributed by atoms with Crippen molar-refractivity contribution in [1.29, 1.82) is 0 Å². The molecular weight excluding hydrogens is 564 g/mol. The van der Waals surface area contributed by atoms with E-state index in [0.29, 0.717) is 18.7 Å². The van der Waals surface area contributed by atoms with Crippen LogP contribution in [0.3, 0.4) is 0 Å². The number of hydrogen-bond acceptors (Lipinski definition) is 5. The highest BCUT2D eigenvalue weighted by Crippen LogP contribution is 2.60. The molecule has 7 nitrogen and oxygen atoms in total. The van der Waals surface area contributed by atoms with E-state index in [1.807, 2.05) is 95.9 Å². The summed E-state index contributed by atoms with van der Waals surface area (Å²) < 4.78 is 12.4. The van der Waals surface area contributed by atoms with Crippen molar-refractivity contribution in [3.05, 3.63) is 120 Å². The first-order chi connectivity index (χ1) is 21.8. The number of aliphatic hydroxyl groups is 1. The largest absolute Gasteiger partial charge is 0.497 e. The number of carbonyl (C=O) groups excluding carboxylic acids is 2. The van der Waals surface area contributed by atoms with E-state index in [2.05, 4.69) is 32.9 Å². The number of methoxy groups -OCH3 is 1. The molecule has 2 heterocycles. The summed E-state index contributed by atoms with van der Waals surface area (Å²) in [6.45, 7) is 6.79. The third kappa shape index (κ3) is 5.10. The van der Waals surface area contributed by atoms with Crippen LogP contribution < -0.4 is 14.5 Å². The summed E-state index contributed by atoms with van der Waals surface area (Å²) in [7, 11) is 1.65. The summed E-state index contributed by atoms with van der Waals surface area (Å²) in [6, 6.07) is 33.2. The van der Waals surface area contributed by atoms with E-state index in [0.717, 1.165) is 40.2 Å². The Balaban J connectivity index is 1.50. The van der Waals surface area contributed by atoms with Crippen molar-refractivity contribution < 1.29 is 24.2 Å². The molecule has 0 saturated carbocycles. The van der Waals surface area contributed by atoms with Crippen LogP contribution in [0.2, 0.25) is 0 Å². The van der Waals surface area contributed by atoms with Gasteiger partial charge in [-0.25, -0.2) is 0 Å². The molecule has 232 valence electrons. The van der Waals surface area contributed by atoms with Crippen LogP contribution in [-0.4, -0.2) is 37.2 Å². The lowest BCUT2D eigenvalue weighted by molar-refractivity contribution is -0.146. The summed E-state index contributed by atoms with van der Waals surface area (Å²) in [5.41, 5.74) is 3.26. The average Bonchev–Trinajstić information content (AvgIpc) is 3.49. The minimum Gasteiger partial charge on any atom is -0.497 e. The van der Waals surface area contributed by atoms with Gasteiger partial charge in [0.1, 0.15) is 5.75 Å². The highest BCUT2D eigenvalue weighted by Gasteiger charge is 2.65. The zero-order valence-electron chi connectivity index (χ0n) is 26.2. The van der Waals surface area contributed by atoms with Crippen molar-refractivity contribution in [3.63, 3.8) is 0 Å². The van der Waals surface area contributed by atoms with Crippen LogP contribution in [0.15, 0.2) is 103 Å². The van der Waals surface area contributed by atoms with Crippen molar-refractivity contribution in [3.8, 4) is 5.75 Å². The summed E-state index contributed by atoms with van der Waals surface area (Å²) in [6.07, 6.45) is 0.795. The summed E-state index contributed by atoms with van der Waals surface area (Å²) in [4.78, 5) is 30.8. The van der Waals surface area contributed by atoms with Crippen molar-refractivity contribution in [2.24, 2.45) is 11.8 Å². The van der Waals surface area contributed by atoms with Gasteiger partial charge in [0.05, 0.1) is 25.4 Å². The average molecular weight is 605 g/mol. The fourth-order valence-electron chi connectivity index (χ4n) is 7.63. The Labute approximate surface area is 265 Å². The molecule has 0 unspecified atom stereocenters. The van der Waals surface area contributed by atoms with Crippen molar-refractivity contribution >= 4 is 29.4 Å². The zero-order chi connectivity index (χ0) is 31.8. The molecule has 7 heteroatoms. The van der Waals surface area contributed by atoms with Crippen molar-refractivity contribution in [2.75, 3.05) is 23.5 Å². The van der Waals surface area contributed by atoms with Gasteiger partial charge in [0.25, 0.3) is 5.91 Å². The van der Waals surface area contributed by atoms with Crippen LogP contribution in [0.25, 0.3) is 0 Å². The van der Waals surface area contributed by atoms with E-state index >= 15 is 0 Å². The van der Waals surface area contributed by atoms with Gasteiger partial charge in [-0.3, -0.25) is 14.5 Å². The Bertz CT molecular complexity index is 1660. The number of nitrogens with zero attached hydrogens (tertiary/aromatic N) is 2. The summed E-state index contributed by atoms with van der Waals surface area (Å²) in [5.74, 6) is 0.261. The molecule has 2 aliphatic heterocycles. The Morgan fingerprint density at radius 1 is 0.956 bits per heavy atom. The van der Waals surface area contributed by atoms with E-state index in [1.165, 1.54) is 0 Å². The van der Waals surface area contributed by atoms with Gasteiger partial charge in [-0.1, -0.05) is 81.4 Å². The first kappa shape index (κ1) is 30.6. The van der Waals surface area contributed by atoms with E-state index in [-0.39, 0.29) is 24.3 Å². The number of fused-ring (bicyclic) bond motifs is 2. The standard InChI is InChI=1S/C38H40N2O5/c1-26-35(37(2,3)28-15-18-31(44-4)19-16-28)34(21-22-41)45-38(26)32-23-30(40(25-42)29-13-9-6-10-14-29)17-20-33(32)39(36(38)43)24-27-11-7-5-8-12-27/h5-20,23,25-26,34-35,41H,21-22,24H2,1-4H3/t26-,34+,35-,38+/m0/s1. The lowest BCUT2D eigenvalue weighted by Gasteiger charge is -2.38. The number of para-hydroxylation sites is 1. The Hall–Kier alpha value is -4.46.